The number of amides is 1. The van der Waals surface area contributed by atoms with Crippen LogP contribution in [-0.2, 0) is 17.8 Å². The highest BCUT2D eigenvalue weighted by atomic mass is 16.5. The second kappa shape index (κ2) is 8.93. The SMILES string of the molecule is CCc1ccc(-c2cc3c(=O)n(CC(=O)Nc4ccc(OC)cc4OC)ncn3n2)cc1. The van der Waals surface area contributed by atoms with Crippen LogP contribution < -0.4 is 20.3 Å². The van der Waals surface area contributed by atoms with E-state index in [0.717, 1.165) is 16.7 Å². The second-order valence-corrected chi connectivity index (χ2v) is 7.12. The Morgan fingerprint density at radius 1 is 1.06 bits per heavy atom. The monoisotopic (exact) mass is 433 g/mol. The molecular formula is C23H23N5O4. The Bertz CT molecular complexity index is 1320. The Labute approximate surface area is 184 Å². The molecule has 0 atom stereocenters. The van der Waals surface area contributed by atoms with Gasteiger partial charge in [0.1, 0.15) is 29.9 Å². The molecule has 32 heavy (non-hydrogen) atoms. The third kappa shape index (κ3) is 4.18. The van der Waals surface area contributed by atoms with Crippen molar-refractivity contribution in [1.29, 1.82) is 0 Å². The van der Waals surface area contributed by atoms with Crippen molar-refractivity contribution in [3.63, 3.8) is 0 Å². The molecular weight excluding hydrogens is 410 g/mol. The number of hydrogen-bond donors (Lipinski definition) is 1. The van der Waals surface area contributed by atoms with Crippen LogP contribution in [0.1, 0.15) is 12.5 Å². The van der Waals surface area contributed by atoms with Gasteiger partial charge in [-0.05, 0) is 30.2 Å². The molecule has 4 rings (SSSR count). The molecule has 0 fully saturated rings. The van der Waals surface area contributed by atoms with Crippen molar-refractivity contribution in [2.75, 3.05) is 19.5 Å². The third-order valence-corrected chi connectivity index (χ3v) is 5.12. The predicted octanol–water partition coefficient (Wildman–Crippen LogP) is 2.78. The van der Waals surface area contributed by atoms with Crippen molar-refractivity contribution < 1.29 is 14.3 Å². The summed E-state index contributed by atoms with van der Waals surface area (Å²) < 4.78 is 13.0. The highest BCUT2D eigenvalue weighted by Gasteiger charge is 2.14. The number of benzene rings is 2. The van der Waals surface area contributed by atoms with Crippen molar-refractivity contribution in [3.8, 4) is 22.8 Å². The van der Waals surface area contributed by atoms with Crippen molar-refractivity contribution in [1.82, 2.24) is 19.4 Å². The van der Waals surface area contributed by atoms with Crippen molar-refractivity contribution in [3.05, 3.63) is 70.8 Å². The van der Waals surface area contributed by atoms with Gasteiger partial charge < -0.3 is 14.8 Å². The van der Waals surface area contributed by atoms with E-state index >= 15 is 0 Å². The molecule has 0 bridgehead atoms. The minimum atomic E-state index is -0.415. The molecule has 1 amide bonds. The lowest BCUT2D eigenvalue weighted by Gasteiger charge is -2.12. The fourth-order valence-electron chi connectivity index (χ4n) is 3.33. The van der Waals surface area contributed by atoms with Gasteiger partial charge in [-0.25, -0.2) is 9.20 Å². The van der Waals surface area contributed by atoms with E-state index in [0.29, 0.717) is 28.4 Å². The molecule has 164 valence electrons. The summed E-state index contributed by atoms with van der Waals surface area (Å²) in [5.74, 6) is 0.634. The molecule has 9 heteroatoms. The second-order valence-electron chi connectivity index (χ2n) is 7.12. The van der Waals surface area contributed by atoms with E-state index in [1.807, 2.05) is 24.3 Å². The summed E-state index contributed by atoms with van der Waals surface area (Å²) in [7, 11) is 3.04. The Morgan fingerprint density at radius 2 is 1.84 bits per heavy atom. The Morgan fingerprint density at radius 3 is 2.53 bits per heavy atom. The maximum absolute atomic E-state index is 12.9. The molecule has 0 saturated carbocycles. The molecule has 9 nitrogen and oxygen atoms in total. The first kappa shape index (κ1) is 21.1. The van der Waals surface area contributed by atoms with E-state index in [2.05, 4.69) is 22.4 Å². The zero-order valence-electron chi connectivity index (χ0n) is 18.0. The number of methoxy groups -OCH3 is 2. The van der Waals surface area contributed by atoms with E-state index in [9.17, 15) is 9.59 Å². The minimum absolute atomic E-state index is 0.254. The number of ether oxygens (including phenoxy) is 2. The number of nitrogens with one attached hydrogen (secondary N) is 1. The van der Waals surface area contributed by atoms with Gasteiger partial charge in [0.15, 0.2) is 0 Å². The Balaban J connectivity index is 1.56. The molecule has 0 aliphatic carbocycles. The summed E-state index contributed by atoms with van der Waals surface area (Å²) in [6, 6.07) is 14.8. The van der Waals surface area contributed by atoms with Gasteiger partial charge in [0, 0.05) is 11.6 Å². The summed E-state index contributed by atoms with van der Waals surface area (Å²) in [5.41, 5.74) is 3.19. The fourth-order valence-corrected chi connectivity index (χ4v) is 3.33. The summed E-state index contributed by atoms with van der Waals surface area (Å²) in [4.78, 5) is 25.4. The predicted molar refractivity (Wildman–Crippen MR) is 120 cm³/mol. The molecule has 0 aliphatic rings. The van der Waals surface area contributed by atoms with Crippen LogP contribution >= 0.6 is 0 Å². The maximum Gasteiger partial charge on any atom is 0.293 e. The summed E-state index contributed by atoms with van der Waals surface area (Å²) in [5, 5.41) is 11.3. The summed E-state index contributed by atoms with van der Waals surface area (Å²) in [6.07, 6.45) is 2.37. The lowest BCUT2D eigenvalue weighted by molar-refractivity contribution is -0.117. The van der Waals surface area contributed by atoms with E-state index in [1.165, 1.54) is 23.5 Å². The fraction of sp³-hybridized carbons (Fsp3) is 0.217. The average molecular weight is 433 g/mol. The first-order valence-electron chi connectivity index (χ1n) is 10.1. The minimum Gasteiger partial charge on any atom is -0.497 e. The van der Waals surface area contributed by atoms with Crippen LogP contribution in [0.5, 0.6) is 11.5 Å². The number of carbonyl (C=O) groups is 1. The number of rotatable bonds is 7. The topological polar surface area (TPSA) is 99.8 Å². The molecule has 1 N–H and O–H groups in total. The molecule has 4 aromatic rings. The molecule has 0 spiro atoms. The van der Waals surface area contributed by atoms with E-state index in [1.54, 1.807) is 31.4 Å². The first-order chi connectivity index (χ1) is 15.5. The lowest BCUT2D eigenvalue weighted by atomic mass is 10.1. The van der Waals surface area contributed by atoms with Crippen molar-refractivity contribution in [2.24, 2.45) is 0 Å². The number of fused-ring (bicyclic) bond motifs is 1. The zero-order valence-corrected chi connectivity index (χ0v) is 18.0. The van der Waals surface area contributed by atoms with Crippen LogP contribution in [0.4, 0.5) is 5.69 Å². The van der Waals surface area contributed by atoms with Crippen LogP contribution in [0.25, 0.3) is 16.8 Å². The van der Waals surface area contributed by atoms with E-state index < -0.39 is 11.5 Å². The Hall–Kier alpha value is -4.14. The molecule has 0 unspecified atom stereocenters. The van der Waals surface area contributed by atoms with Crippen LogP contribution in [0.3, 0.4) is 0 Å². The van der Waals surface area contributed by atoms with Gasteiger partial charge in [-0.3, -0.25) is 9.59 Å². The van der Waals surface area contributed by atoms with Gasteiger partial charge in [0.05, 0.1) is 25.6 Å². The number of nitrogens with zero attached hydrogens (tertiary/aromatic N) is 4. The highest BCUT2D eigenvalue weighted by molar-refractivity contribution is 5.92. The lowest BCUT2D eigenvalue weighted by Crippen LogP contribution is -2.30. The summed E-state index contributed by atoms with van der Waals surface area (Å²) >= 11 is 0. The van der Waals surface area contributed by atoms with Gasteiger partial charge >= 0.3 is 0 Å². The molecule has 0 aliphatic heterocycles. The molecule has 2 heterocycles. The van der Waals surface area contributed by atoms with Gasteiger partial charge in [-0.2, -0.15) is 10.2 Å². The zero-order chi connectivity index (χ0) is 22.7. The highest BCUT2D eigenvalue weighted by Crippen LogP contribution is 2.29. The normalized spacial score (nSPS) is 10.8. The van der Waals surface area contributed by atoms with Crippen LogP contribution in [0.15, 0.2) is 59.7 Å². The largest absolute Gasteiger partial charge is 0.497 e. The number of aromatic nitrogens is 4. The Kier molecular flexibility index (Phi) is 5.89. The quantitative estimate of drug-likeness (QED) is 0.481. The van der Waals surface area contributed by atoms with E-state index in [-0.39, 0.29) is 6.54 Å². The van der Waals surface area contributed by atoms with Crippen LogP contribution in [-0.4, -0.2) is 39.5 Å². The average Bonchev–Trinajstić information content (AvgIpc) is 3.26. The van der Waals surface area contributed by atoms with E-state index in [4.69, 9.17) is 9.47 Å². The maximum atomic E-state index is 12.9. The van der Waals surface area contributed by atoms with Gasteiger partial charge in [-0.15, -0.1) is 0 Å². The number of carbonyl (C=O) groups excluding carboxylic acids is 1. The smallest absolute Gasteiger partial charge is 0.293 e. The molecule has 2 aromatic heterocycles. The number of hydrogen-bond acceptors (Lipinski definition) is 6. The summed E-state index contributed by atoms with van der Waals surface area (Å²) in [6.45, 7) is 1.84. The van der Waals surface area contributed by atoms with Crippen LogP contribution in [0, 0.1) is 0 Å². The number of anilines is 1. The van der Waals surface area contributed by atoms with Crippen molar-refractivity contribution >= 4 is 17.1 Å². The molecule has 0 radical (unpaired) electrons. The van der Waals surface area contributed by atoms with Crippen molar-refractivity contribution in [2.45, 2.75) is 19.9 Å². The van der Waals surface area contributed by atoms with Gasteiger partial charge in [-0.1, -0.05) is 31.2 Å². The standard InChI is InChI=1S/C23H23N5O4/c1-4-15-5-7-16(8-6-15)19-12-20-23(30)27(24-14-28(20)26-19)13-22(29)25-18-10-9-17(31-2)11-21(18)32-3/h5-12,14H,4,13H2,1-3H3,(H,25,29). The van der Waals surface area contributed by atoms with Gasteiger partial charge in [0.25, 0.3) is 5.56 Å². The molecule has 2 aromatic carbocycles. The third-order valence-electron chi connectivity index (χ3n) is 5.12. The van der Waals surface area contributed by atoms with Crippen LogP contribution in [0.2, 0.25) is 0 Å². The number of aryl methyl sites for hydroxylation is 1. The first-order valence-corrected chi connectivity index (χ1v) is 10.1. The van der Waals surface area contributed by atoms with Gasteiger partial charge in [0.2, 0.25) is 5.91 Å². The molecule has 0 saturated heterocycles.